The molecule has 4 aromatic rings. The number of fused-ring (bicyclic) bond motifs is 2. The summed E-state index contributed by atoms with van der Waals surface area (Å²) in [7, 11) is 4.09. The maximum atomic E-state index is 16.3. The number of benzene rings is 2. The summed E-state index contributed by atoms with van der Waals surface area (Å²) in [4.78, 5) is 18.3. The van der Waals surface area contributed by atoms with Crippen LogP contribution in [0.15, 0.2) is 42.6 Å². The smallest absolute Gasteiger partial charge is 0.319 e. The summed E-state index contributed by atoms with van der Waals surface area (Å²) in [6, 6.07) is 12.1. The van der Waals surface area contributed by atoms with Gasteiger partial charge in [0.25, 0.3) is 0 Å². The van der Waals surface area contributed by atoms with Gasteiger partial charge in [0.05, 0.1) is 5.39 Å². The molecule has 0 aliphatic carbocycles. The molecule has 6 rings (SSSR count). The van der Waals surface area contributed by atoms with Crippen molar-refractivity contribution in [1.82, 2.24) is 25.2 Å². The molecule has 7 nitrogen and oxygen atoms in total. The summed E-state index contributed by atoms with van der Waals surface area (Å²) in [6.45, 7) is 3.29. The standard InChI is InChI=1S/C28H30ClFN6O/c1-35-13-5-8-19(35)16-37-28-33-26-21(27(34-28)36(2)18-11-12-31-14-18)15-32-25(24(26)30)20-9-3-6-17-7-4-10-22(29)23(17)20/h3-4,6-7,9-10,15,18-19,31H,5,8,11-14,16H2,1-2H3/t18-,19?/m0/s1. The quantitative estimate of drug-likeness (QED) is 0.387. The van der Waals surface area contributed by atoms with Gasteiger partial charge in [-0.05, 0) is 50.9 Å². The van der Waals surface area contributed by atoms with E-state index in [4.69, 9.17) is 21.3 Å². The van der Waals surface area contributed by atoms with Crippen LogP contribution in [0.25, 0.3) is 32.9 Å². The highest BCUT2D eigenvalue weighted by molar-refractivity contribution is 6.36. The summed E-state index contributed by atoms with van der Waals surface area (Å²) >= 11 is 6.55. The average molecular weight is 521 g/mol. The van der Waals surface area contributed by atoms with Crippen molar-refractivity contribution in [3.8, 4) is 17.3 Å². The maximum absolute atomic E-state index is 16.3. The molecule has 4 heterocycles. The number of anilines is 1. The highest BCUT2D eigenvalue weighted by Gasteiger charge is 2.27. The molecule has 37 heavy (non-hydrogen) atoms. The monoisotopic (exact) mass is 520 g/mol. The summed E-state index contributed by atoms with van der Waals surface area (Å²) in [5, 5.41) is 6.20. The molecule has 2 fully saturated rings. The highest BCUT2D eigenvalue weighted by Crippen LogP contribution is 2.37. The van der Waals surface area contributed by atoms with E-state index in [1.54, 1.807) is 6.20 Å². The highest BCUT2D eigenvalue weighted by atomic mass is 35.5. The lowest BCUT2D eigenvalue weighted by Gasteiger charge is -2.26. The first-order valence-electron chi connectivity index (χ1n) is 12.8. The van der Waals surface area contributed by atoms with Crippen molar-refractivity contribution in [1.29, 1.82) is 0 Å². The van der Waals surface area contributed by atoms with Crippen LogP contribution in [-0.4, -0.2) is 72.3 Å². The molecule has 0 amide bonds. The lowest BCUT2D eigenvalue weighted by atomic mass is 10.0. The zero-order valence-corrected chi connectivity index (χ0v) is 21.8. The largest absolute Gasteiger partial charge is 0.462 e. The van der Waals surface area contributed by atoms with E-state index in [2.05, 4.69) is 32.1 Å². The minimum absolute atomic E-state index is 0.188. The van der Waals surface area contributed by atoms with Crippen molar-refractivity contribution < 1.29 is 9.13 Å². The molecule has 0 saturated carbocycles. The Kier molecular flexibility index (Phi) is 6.56. The van der Waals surface area contributed by atoms with E-state index in [0.29, 0.717) is 34.4 Å². The van der Waals surface area contributed by atoms with Gasteiger partial charge in [0.15, 0.2) is 5.82 Å². The molecule has 1 unspecified atom stereocenters. The Morgan fingerprint density at radius 3 is 2.78 bits per heavy atom. The SMILES string of the molecule is CN1CCCC1COc1nc(N(C)[C@H]2CCNC2)c2cnc(-c3cccc4cccc(Cl)c34)c(F)c2n1. The van der Waals surface area contributed by atoms with Gasteiger partial charge in [-0.15, -0.1) is 0 Å². The second-order valence-corrected chi connectivity index (χ2v) is 10.4. The fraction of sp³-hybridized carbons (Fsp3) is 0.393. The van der Waals surface area contributed by atoms with Crippen molar-refractivity contribution in [2.24, 2.45) is 0 Å². The zero-order chi connectivity index (χ0) is 25.5. The van der Waals surface area contributed by atoms with Crippen molar-refractivity contribution in [2.45, 2.75) is 31.3 Å². The predicted molar refractivity (Wildman–Crippen MR) is 146 cm³/mol. The van der Waals surface area contributed by atoms with Gasteiger partial charge < -0.3 is 19.9 Å². The second kappa shape index (κ2) is 10.0. The molecule has 1 N–H and O–H groups in total. The van der Waals surface area contributed by atoms with Crippen molar-refractivity contribution in [3.05, 3.63) is 53.4 Å². The number of likely N-dealkylation sites (tertiary alicyclic amines) is 1. The lowest BCUT2D eigenvalue weighted by molar-refractivity contribution is 0.188. The number of halogens is 2. The number of hydrogen-bond donors (Lipinski definition) is 1. The van der Waals surface area contributed by atoms with E-state index in [1.165, 1.54) is 0 Å². The van der Waals surface area contributed by atoms with Crippen LogP contribution >= 0.6 is 11.6 Å². The summed E-state index contributed by atoms with van der Waals surface area (Å²) in [5.74, 6) is 0.122. The average Bonchev–Trinajstić information content (AvgIpc) is 3.59. The third-order valence-corrected chi connectivity index (χ3v) is 8.06. The van der Waals surface area contributed by atoms with Gasteiger partial charge in [0.1, 0.15) is 23.6 Å². The van der Waals surface area contributed by atoms with Crippen LogP contribution in [0.3, 0.4) is 0 Å². The van der Waals surface area contributed by atoms with E-state index in [-0.39, 0.29) is 23.3 Å². The third-order valence-electron chi connectivity index (χ3n) is 7.74. The minimum Gasteiger partial charge on any atom is -0.462 e. The first kappa shape index (κ1) is 24.3. The fourth-order valence-electron chi connectivity index (χ4n) is 5.54. The molecule has 0 bridgehead atoms. The van der Waals surface area contributed by atoms with Crippen LogP contribution < -0.4 is 15.0 Å². The van der Waals surface area contributed by atoms with Crippen LogP contribution in [0.4, 0.5) is 10.2 Å². The number of rotatable bonds is 6. The molecule has 2 aromatic carbocycles. The molecule has 9 heteroatoms. The van der Waals surface area contributed by atoms with Crippen LogP contribution in [0.5, 0.6) is 6.01 Å². The molecule has 2 aromatic heterocycles. The normalized spacial score (nSPS) is 20.2. The molecule has 0 radical (unpaired) electrons. The van der Waals surface area contributed by atoms with Gasteiger partial charge in [-0.1, -0.05) is 41.9 Å². The maximum Gasteiger partial charge on any atom is 0.319 e. The number of nitrogens with one attached hydrogen (secondary N) is 1. The molecule has 2 saturated heterocycles. The Hall–Kier alpha value is -3.07. The molecule has 2 aliphatic heterocycles. The van der Waals surface area contributed by atoms with Crippen molar-refractivity contribution in [2.75, 3.05) is 45.2 Å². The summed E-state index contributed by atoms with van der Waals surface area (Å²) in [5.41, 5.74) is 1.04. The Morgan fingerprint density at radius 1 is 1.19 bits per heavy atom. The van der Waals surface area contributed by atoms with E-state index >= 15 is 4.39 Å². The first-order valence-corrected chi connectivity index (χ1v) is 13.2. The molecule has 192 valence electrons. The zero-order valence-electron chi connectivity index (χ0n) is 21.0. The number of likely N-dealkylation sites (N-methyl/N-ethyl adjacent to an activating group) is 2. The number of aromatic nitrogens is 3. The van der Waals surface area contributed by atoms with Gasteiger partial charge in [-0.2, -0.15) is 9.97 Å². The van der Waals surface area contributed by atoms with E-state index in [9.17, 15) is 0 Å². The molecule has 2 atom stereocenters. The van der Waals surface area contributed by atoms with E-state index < -0.39 is 5.82 Å². The topological polar surface area (TPSA) is 66.4 Å². The Labute approximate surface area is 220 Å². The Balaban J connectivity index is 1.48. The van der Waals surface area contributed by atoms with Gasteiger partial charge in [0, 0.05) is 47.8 Å². The molecule has 0 spiro atoms. The van der Waals surface area contributed by atoms with Crippen LogP contribution in [0.2, 0.25) is 5.02 Å². The number of hydrogen-bond acceptors (Lipinski definition) is 7. The van der Waals surface area contributed by atoms with Gasteiger partial charge in [-0.3, -0.25) is 4.98 Å². The van der Waals surface area contributed by atoms with E-state index in [0.717, 1.165) is 49.7 Å². The minimum atomic E-state index is -0.505. The van der Waals surface area contributed by atoms with Crippen LogP contribution in [0, 0.1) is 5.82 Å². The van der Waals surface area contributed by atoms with E-state index in [1.807, 2.05) is 43.4 Å². The molecular weight excluding hydrogens is 491 g/mol. The van der Waals surface area contributed by atoms with Gasteiger partial charge in [0.2, 0.25) is 0 Å². The molecule has 2 aliphatic rings. The number of nitrogens with zero attached hydrogens (tertiary/aromatic N) is 5. The predicted octanol–water partition coefficient (Wildman–Crippen LogP) is 4.91. The van der Waals surface area contributed by atoms with Crippen molar-refractivity contribution in [3.63, 3.8) is 0 Å². The number of ether oxygens (including phenoxy) is 1. The lowest BCUT2D eigenvalue weighted by Crippen LogP contribution is -2.34. The Bertz CT molecular complexity index is 1450. The van der Waals surface area contributed by atoms with Gasteiger partial charge >= 0.3 is 6.01 Å². The van der Waals surface area contributed by atoms with Gasteiger partial charge in [-0.25, -0.2) is 4.39 Å². The fourth-order valence-corrected chi connectivity index (χ4v) is 5.82. The summed E-state index contributed by atoms with van der Waals surface area (Å²) in [6.07, 6.45) is 4.86. The van der Waals surface area contributed by atoms with Crippen LogP contribution in [0.1, 0.15) is 19.3 Å². The molecular formula is C28H30ClFN6O. The van der Waals surface area contributed by atoms with Crippen molar-refractivity contribution >= 4 is 39.1 Å². The third kappa shape index (κ3) is 4.47. The Morgan fingerprint density at radius 2 is 2.03 bits per heavy atom. The second-order valence-electron chi connectivity index (χ2n) is 10.0. The number of pyridine rings is 1. The summed E-state index contributed by atoms with van der Waals surface area (Å²) < 4.78 is 22.4. The first-order chi connectivity index (χ1) is 18.0. The van der Waals surface area contributed by atoms with Crippen LogP contribution in [-0.2, 0) is 0 Å².